The Kier molecular flexibility index (Phi) is 7.54. The Morgan fingerprint density at radius 2 is 2.00 bits per heavy atom. The molecule has 0 aromatic rings. The van der Waals surface area contributed by atoms with E-state index in [0.717, 1.165) is 44.9 Å². The van der Waals surface area contributed by atoms with E-state index in [1.165, 1.54) is 6.54 Å². The lowest BCUT2D eigenvalue weighted by Gasteiger charge is -2.34. The molecule has 1 saturated heterocycles. The molecule has 1 heterocycles. The Morgan fingerprint density at radius 3 is 2.53 bits per heavy atom. The molecule has 0 unspecified atom stereocenters. The van der Waals surface area contributed by atoms with Gasteiger partial charge >= 0.3 is 0 Å². The van der Waals surface area contributed by atoms with Crippen molar-refractivity contribution in [2.24, 2.45) is 5.92 Å². The van der Waals surface area contributed by atoms with Crippen LogP contribution < -0.4 is 5.32 Å². The zero-order chi connectivity index (χ0) is 14.1. The van der Waals surface area contributed by atoms with Gasteiger partial charge in [-0.15, -0.1) is 6.42 Å². The molecule has 108 valence electrons. The normalized spacial score (nSPS) is 16.6. The monoisotopic (exact) mass is 265 g/mol. The number of nitrogens with one attached hydrogen (secondary N) is 1. The first-order valence-electron chi connectivity index (χ1n) is 7.35. The standard InChI is InChI=1S/C15H27N3O/c1-4-9-16-12-15(19)18-10-7-14(8-11-18)13-17(5-2)6-3/h1,14,16H,5-13H2,2-3H3. The van der Waals surface area contributed by atoms with Crippen LogP contribution in [0.2, 0.25) is 0 Å². The number of hydrogen-bond donors (Lipinski definition) is 1. The van der Waals surface area contributed by atoms with E-state index in [0.29, 0.717) is 13.1 Å². The van der Waals surface area contributed by atoms with E-state index in [1.807, 2.05) is 4.90 Å². The van der Waals surface area contributed by atoms with E-state index in [1.54, 1.807) is 0 Å². The summed E-state index contributed by atoms with van der Waals surface area (Å²) in [5.41, 5.74) is 0. The van der Waals surface area contributed by atoms with E-state index in [2.05, 4.69) is 30.0 Å². The van der Waals surface area contributed by atoms with Gasteiger partial charge in [0.2, 0.25) is 5.91 Å². The molecule has 0 radical (unpaired) electrons. The highest BCUT2D eigenvalue weighted by atomic mass is 16.2. The largest absolute Gasteiger partial charge is 0.342 e. The van der Waals surface area contributed by atoms with Crippen LogP contribution in [0.4, 0.5) is 0 Å². The molecule has 0 aliphatic carbocycles. The Morgan fingerprint density at radius 1 is 1.37 bits per heavy atom. The van der Waals surface area contributed by atoms with Gasteiger partial charge < -0.3 is 9.80 Å². The van der Waals surface area contributed by atoms with E-state index in [4.69, 9.17) is 6.42 Å². The zero-order valence-electron chi connectivity index (χ0n) is 12.3. The molecule has 1 aliphatic heterocycles. The van der Waals surface area contributed by atoms with Crippen LogP contribution in [0.3, 0.4) is 0 Å². The highest BCUT2D eigenvalue weighted by Crippen LogP contribution is 2.18. The summed E-state index contributed by atoms with van der Waals surface area (Å²) in [7, 11) is 0. The molecule has 4 nitrogen and oxygen atoms in total. The molecular weight excluding hydrogens is 238 g/mol. The third kappa shape index (κ3) is 5.63. The fourth-order valence-corrected chi connectivity index (χ4v) is 2.57. The summed E-state index contributed by atoms with van der Waals surface area (Å²) < 4.78 is 0. The first-order valence-corrected chi connectivity index (χ1v) is 7.35. The minimum absolute atomic E-state index is 0.177. The average molecular weight is 265 g/mol. The van der Waals surface area contributed by atoms with Crippen LogP contribution in [0.15, 0.2) is 0 Å². The number of rotatable bonds is 7. The van der Waals surface area contributed by atoms with Crippen LogP contribution >= 0.6 is 0 Å². The number of hydrogen-bond acceptors (Lipinski definition) is 3. The predicted octanol–water partition coefficient (Wildman–Crippen LogP) is 0.790. The van der Waals surface area contributed by atoms with Crippen molar-refractivity contribution < 1.29 is 4.79 Å². The van der Waals surface area contributed by atoms with Gasteiger partial charge in [-0.3, -0.25) is 10.1 Å². The summed E-state index contributed by atoms with van der Waals surface area (Å²) in [5.74, 6) is 3.40. The zero-order valence-corrected chi connectivity index (χ0v) is 12.3. The minimum atomic E-state index is 0.177. The molecular formula is C15H27N3O. The van der Waals surface area contributed by atoms with Crippen molar-refractivity contribution in [2.75, 3.05) is 45.8 Å². The van der Waals surface area contributed by atoms with Crippen LogP contribution in [-0.4, -0.2) is 61.5 Å². The lowest BCUT2D eigenvalue weighted by atomic mass is 9.96. The van der Waals surface area contributed by atoms with Crippen molar-refractivity contribution in [1.29, 1.82) is 0 Å². The number of nitrogens with zero attached hydrogens (tertiary/aromatic N) is 2. The third-order valence-corrected chi connectivity index (χ3v) is 3.88. The Labute approximate surface area is 117 Å². The quantitative estimate of drug-likeness (QED) is 0.546. The number of amides is 1. The SMILES string of the molecule is C#CCNCC(=O)N1CCC(CN(CC)CC)CC1. The molecule has 4 heteroatoms. The molecule has 0 aromatic carbocycles. The second-order valence-corrected chi connectivity index (χ2v) is 5.12. The van der Waals surface area contributed by atoms with Gasteiger partial charge in [-0.1, -0.05) is 19.8 Å². The summed E-state index contributed by atoms with van der Waals surface area (Å²) in [4.78, 5) is 16.3. The van der Waals surface area contributed by atoms with Gasteiger partial charge in [0.05, 0.1) is 13.1 Å². The number of likely N-dealkylation sites (tertiary alicyclic amines) is 1. The maximum absolute atomic E-state index is 11.9. The molecule has 1 fully saturated rings. The average Bonchev–Trinajstić information content (AvgIpc) is 2.45. The maximum Gasteiger partial charge on any atom is 0.236 e. The van der Waals surface area contributed by atoms with Gasteiger partial charge in [-0.25, -0.2) is 0 Å². The highest BCUT2D eigenvalue weighted by molar-refractivity contribution is 5.78. The van der Waals surface area contributed by atoms with Crippen LogP contribution in [0.1, 0.15) is 26.7 Å². The van der Waals surface area contributed by atoms with E-state index in [-0.39, 0.29) is 5.91 Å². The van der Waals surface area contributed by atoms with Crippen molar-refractivity contribution in [1.82, 2.24) is 15.1 Å². The summed E-state index contributed by atoms with van der Waals surface area (Å²) in [5, 5.41) is 2.96. The van der Waals surface area contributed by atoms with Crippen molar-refractivity contribution in [3.8, 4) is 12.3 Å². The second-order valence-electron chi connectivity index (χ2n) is 5.12. The minimum Gasteiger partial charge on any atom is -0.342 e. The molecule has 1 amide bonds. The molecule has 0 bridgehead atoms. The molecule has 1 rings (SSSR count). The van der Waals surface area contributed by atoms with Crippen LogP contribution in [0.5, 0.6) is 0 Å². The molecule has 0 spiro atoms. The van der Waals surface area contributed by atoms with E-state index >= 15 is 0 Å². The van der Waals surface area contributed by atoms with Crippen LogP contribution in [0, 0.1) is 18.3 Å². The van der Waals surface area contributed by atoms with Gasteiger partial charge in [0.1, 0.15) is 0 Å². The van der Waals surface area contributed by atoms with Crippen molar-refractivity contribution >= 4 is 5.91 Å². The van der Waals surface area contributed by atoms with Crippen LogP contribution in [-0.2, 0) is 4.79 Å². The van der Waals surface area contributed by atoms with Gasteiger partial charge in [-0.05, 0) is 31.8 Å². The summed E-state index contributed by atoms with van der Waals surface area (Å²) >= 11 is 0. The van der Waals surface area contributed by atoms with Gasteiger partial charge in [0.25, 0.3) is 0 Å². The summed E-state index contributed by atoms with van der Waals surface area (Å²) in [6.45, 7) is 10.4. The summed E-state index contributed by atoms with van der Waals surface area (Å²) in [6, 6.07) is 0. The van der Waals surface area contributed by atoms with Crippen LogP contribution in [0.25, 0.3) is 0 Å². The molecule has 1 aliphatic rings. The summed E-state index contributed by atoms with van der Waals surface area (Å²) in [6.07, 6.45) is 7.39. The van der Waals surface area contributed by atoms with Gasteiger partial charge in [-0.2, -0.15) is 0 Å². The lowest BCUT2D eigenvalue weighted by Crippen LogP contribution is -2.44. The third-order valence-electron chi connectivity index (χ3n) is 3.88. The fraction of sp³-hybridized carbons (Fsp3) is 0.800. The number of carbonyl (C=O) groups is 1. The molecule has 0 saturated carbocycles. The Balaban J connectivity index is 2.24. The lowest BCUT2D eigenvalue weighted by molar-refractivity contribution is -0.131. The predicted molar refractivity (Wildman–Crippen MR) is 78.8 cm³/mol. The van der Waals surface area contributed by atoms with Crippen molar-refractivity contribution in [3.05, 3.63) is 0 Å². The van der Waals surface area contributed by atoms with Crippen molar-refractivity contribution in [3.63, 3.8) is 0 Å². The number of piperidine rings is 1. The molecule has 0 aromatic heterocycles. The van der Waals surface area contributed by atoms with Gasteiger partial charge in [0.15, 0.2) is 0 Å². The smallest absolute Gasteiger partial charge is 0.236 e. The van der Waals surface area contributed by atoms with E-state index < -0.39 is 0 Å². The maximum atomic E-state index is 11.9. The first-order chi connectivity index (χ1) is 9.21. The first kappa shape index (κ1) is 16.0. The molecule has 0 atom stereocenters. The van der Waals surface area contributed by atoms with Gasteiger partial charge in [0, 0.05) is 19.6 Å². The molecule has 19 heavy (non-hydrogen) atoms. The Bertz CT molecular complexity index is 299. The Hall–Kier alpha value is -1.05. The highest BCUT2D eigenvalue weighted by Gasteiger charge is 2.23. The fourth-order valence-electron chi connectivity index (χ4n) is 2.57. The topological polar surface area (TPSA) is 35.6 Å². The molecule has 1 N–H and O–H groups in total. The number of carbonyl (C=O) groups excluding carboxylic acids is 1. The number of terminal acetylenes is 1. The van der Waals surface area contributed by atoms with Crippen molar-refractivity contribution in [2.45, 2.75) is 26.7 Å². The second kappa shape index (κ2) is 8.95. The van der Waals surface area contributed by atoms with E-state index in [9.17, 15) is 4.79 Å².